The quantitative estimate of drug-likeness (QED) is 0.270. The third-order valence-electron chi connectivity index (χ3n) is 6.36. The summed E-state index contributed by atoms with van der Waals surface area (Å²) in [7, 11) is 1.56. The summed E-state index contributed by atoms with van der Waals surface area (Å²) in [6.45, 7) is 0. The number of carbonyl (C=O) groups excluding carboxylic acids is 2. The summed E-state index contributed by atoms with van der Waals surface area (Å²) < 4.78 is 17.0. The van der Waals surface area contributed by atoms with Crippen LogP contribution in [0.3, 0.4) is 0 Å². The molecule has 1 aromatic heterocycles. The van der Waals surface area contributed by atoms with Crippen molar-refractivity contribution < 1.29 is 23.8 Å². The Morgan fingerprint density at radius 3 is 2.63 bits per heavy atom. The predicted molar refractivity (Wildman–Crippen MR) is 129 cm³/mol. The Morgan fingerprint density at radius 1 is 0.971 bits per heavy atom. The van der Waals surface area contributed by atoms with Crippen molar-refractivity contribution in [3.63, 3.8) is 0 Å². The Morgan fingerprint density at radius 2 is 1.77 bits per heavy atom. The van der Waals surface area contributed by atoms with Gasteiger partial charge in [-0.25, -0.2) is 0 Å². The average molecular weight is 465 g/mol. The highest BCUT2D eigenvalue weighted by Gasteiger charge is 2.39. The summed E-state index contributed by atoms with van der Waals surface area (Å²) in [5.74, 6) is -0.0682. The first-order valence-corrected chi connectivity index (χ1v) is 11.1. The van der Waals surface area contributed by atoms with Gasteiger partial charge in [0.2, 0.25) is 5.78 Å². The lowest BCUT2D eigenvalue weighted by molar-refractivity contribution is -0.135. The fraction of sp³-hybridized carbons (Fsp3) is 0.107. The molecule has 3 aromatic carbocycles. The molecule has 0 amide bonds. The van der Waals surface area contributed by atoms with Gasteiger partial charge >= 0.3 is 5.97 Å². The zero-order chi connectivity index (χ0) is 24.1. The second kappa shape index (κ2) is 7.99. The smallest absolute Gasteiger partial charge is 0.312 e. The van der Waals surface area contributed by atoms with E-state index in [1.165, 1.54) is 0 Å². The summed E-state index contributed by atoms with van der Waals surface area (Å²) >= 11 is 0. The molecule has 1 N–H and O–H groups in total. The number of aromatic amines is 1. The molecule has 0 spiro atoms. The highest BCUT2D eigenvalue weighted by molar-refractivity contribution is 6.15. The summed E-state index contributed by atoms with van der Waals surface area (Å²) in [6.07, 6.45) is 1.58. The number of H-pyrrole nitrogens is 1. The standard InChI is InChI=1S/C28H19NO6/c1-33-21-9-5-3-7-16(21)13-23-26(31)17-10-11-22-25(27(17)35-23)18(14-24(30)34-22)19-12-15-6-2-4-8-20(15)29-28(19)32/h2-13,18H,14H2,1H3,(H,29,32)/b23-13-/t18-/m1/s1. The summed E-state index contributed by atoms with van der Waals surface area (Å²) in [6, 6.07) is 19.7. The maximum atomic E-state index is 13.2. The third-order valence-corrected chi connectivity index (χ3v) is 6.36. The molecule has 6 rings (SSSR count). The molecule has 0 aliphatic carbocycles. The van der Waals surface area contributed by atoms with Gasteiger partial charge in [0.05, 0.1) is 19.1 Å². The first kappa shape index (κ1) is 20.9. The minimum absolute atomic E-state index is 0.0476. The second-order valence-electron chi connectivity index (χ2n) is 8.41. The number of allylic oxidation sites excluding steroid dienone is 1. The zero-order valence-corrected chi connectivity index (χ0v) is 18.7. The van der Waals surface area contributed by atoms with E-state index in [4.69, 9.17) is 14.2 Å². The molecule has 4 aromatic rings. The number of hydrogen-bond donors (Lipinski definition) is 1. The fourth-order valence-corrected chi connectivity index (χ4v) is 4.72. The Hall–Kier alpha value is -4.65. The van der Waals surface area contributed by atoms with E-state index in [2.05, 4.69) is 4.98 Å². The van der Waals surface area contributed by atoms with Crippen molar-refractivity contribution >= 4 is 28.7 Å². The molecule has 0 fully saturated rings. The van der Waals surface area contributed by atoms with E-state index in [9.17, 15) is 14.4 Å². The van der Waals surface area contributed by atoms with Crippen molar-refractivity contribution in [2.24, 2.45) is 0 Å². The van der Waals surface area contributed by atoms with Gasteiger partial charge in [0.25, 0.3) is 5.56 Å². The van der Waals surface area contributed by atoms with Crippen LogP contribution in [-0.2, 0) is 4.79 Å². The number of para-hydroxylation sites is 2. The number of pyridine rings is 1. The summed E-state index contributed by atoms with van der Waals surface area (Å²) in [5, 5.41) is 0.837. The van der Waals surface area contributed by atoms with E-state index in [1.54, 1.807) is 37.5 Å². The number of fused-ring (bicyclic) bond motifs is 4. The van der Waals surface area contributed by atoms with Gasteiger partial charge in [0.1, 0.15) is 17.2 Å². The number of hydrogen-bond acceptors (Lipinski definition) is 6. The van der Waals surface area contributed by atoms with Gasteiger partial charge in [-0.15, -0.1) is 0 Å². The molecular formula is C28H19NO6. The molecule has 3 heterocycles. The van der Waals surface area contributed by atoms with Crippen LogP contribution in [0.4, 0.5) is 0 Å². The molecule has 0 unspecified atom stereocenters. The predicted octanol–water partition coefficient (Wildman–Crippen LogP) is 4.59. The zero-order valence-electron chi connectivity index (χ0n) is 18.7. The van der Waals surface area contributed by atoms with Crippen molar-refractivity contribution in [1.82, 2.24) is 4.98 Å². The van der Waals surface area contributed by atoms with Crippen molar-refractivity contribution in [3.05, 3.63) is 105 Å². The van der Waals surface area contributed by atoms with E-state index in [-0.39, 0.29) is 29.3 Å². The Kier molecular flexibility index (Phi) is 4.77. The maximum Gasteiger partial charge on any atom is 0.312 e. The van der Waals surface area contributed by atoms with Crippen LogP contribution in [0.2, 0.25) is 0 Å². The number of aromatic nitrogens is 1. The van der Waals surface area contributed by atoms with E-state index < -0.39 is 11.9 Å². The average Bonchev–Trinajstić information content (AvgIpc) is 3.18. The van der Waals surface area contributed by atoms with Crippen LogP contribution in [0.15, 0.2) is 77.3 Å². The summed E-state index contributed by atoms with van der Waals surface area (Å²) in [5.41, 5.74) is 2.36. The van der Waals surface area contributed by atoms with Gasteiger partial charge in [-0.3, -0.25) is 14.4 Å². The molecule has 0 saturated heterocycles. The van der Waals surface area contributed by atoms with Gasteiger partial charge in [0.15, 0.2) is 5.76 Å². The molecule has 7 nitrogen and oxygen atoms in total. The third kappa shape index (κ3) is 3.40. The number of benzene rings is 3. The molecule has 2 aliphatic rings. The first-order valence-electron chi connectivity index (χ1n) is 11.1. The summed E-state index contributed by atoms with van der Waals surface area (Å²) in [4.78, 5) is 41.6. The largest absolute Gasteiger partial charge is 0.496 e. The Balaban J connectivity index is 1.50. The highest BCUT2D eigenvalue weighted by atomic mass is 16.5. The van der Waals surface area contributed by atoms with Crippen LogP contribution < -0.4 is 19.8 Å². The van der Waals surface area contributed by atoms with Gasteiger partial charge in [-0.1, -0.05) is 36.4 Å². The van der Waals surface area contributed by atoms with Crippen LogP contribution >= 0.6 is 0 Å². The van der Waals surface area contributed by atoms with Crippen molar-refractivity contribution in [1.29, 1.82) is 0 Å². The highest BCUT2D eigenvalue weighted by Crippen LogP contribution is 2.48. The molecule has 2 aliphatic heterocycles. The van der Waals surface area contributed by atoms with Crippen LogP contribution in [-0.4, -0.2) is 23.8 Å². The van der Waals surface area contributed by atoms with E-state index in [0.29, 0.717) is 39.3 Å². The number of carbonyl (C=O) groups is 2. The normalized spacial score (nSPS) is 17.6. The number of ether oxygens (including phenoxy) is 3. The van der Waals surface area contributed by atoms with Crippen molar-refractivity contribution in [3.8, 4) is 17.2 Å². The van der Waals surface area contributed by atoms with Crippen LogP contribution in [0, 0.1) is 0 Å². The number of nitrogens with one attached hydrogen (secondary N) is 1. The number of esters is 1. The SMILES string of the molecule is COc1ccccc1/C=C1\Oc2c(ccc3c2[C@@H](c2cc4ccccc4[nH]c2=O)CC(=O)O3)C1=O. The molecule has 1 atom stereocenters. The lowest BCUT2D eigenvalue weighted by Crippen LogP contribution is -2.26. The Labute approximate surface area is 199 Å². The van der Waals surface area contributed by atoms with Crippen LogP contribution in [0.5, 0.6) is 17.2 Å². The molecule has 0 radical (unpaired) electrons. The monoisotopic (exact) mass is 465 g/mol. The lowest BCUT2D eigenvalue weighted by atomic mass is 9.85. The van der Waals surface area contributed by atoms with Crippen LogP contribution in [0.1, 0.15) is 39.4 Å². The van der Waals surface area contributed by atoms with E-state index in [1.807, 2.05) is 42.5 Å². The first-order chi connectivity index (χ1) is 17.0. The van der Waals surface area contributed by atoms with Gasteiger partial charge in [-0.2, -0.15) is 0 Å². The van der Waals surface area contributed by atoms with Gasteiger partial charge in [-0.05, 0) is 41.8 Å². The number of ketones is 1. The molecule has 7 heteroatoms. The molecule has 172 valence electrons. The van der Waals surface area contributed by atoms with Gasteiger partial charge < -0.3 is 19.2 Å². The minimum Gasteiger partial charge on any atom is -0.496 e. The lowest BCUT2D eigenvalue weighted by Gasteiger charge is -2.26. The Bertz CT molecular complexity index is 1630. The topological polar surface area (TPSA) is 94.7 Å². The van der Waals surface area contributed by atoms with Crippen molar-refractivity contribution in [2.45, 2.75) is 12.3 Å². The molecule has 0 saturated carbocycles. The van der Waals surface area contributed by atoms with Crippen molar-refractivity contribution in [2.75, 3.05) is 7.11 Å². The van der Waals surface area contributed by atoms with Gasteiger partial charge in [0, 0.05) is 28.1 Å². The number of methoxy groups -OCH3 is 1. The molecule has 35 heavy (non-hydrogen) atoms. The molecular weight excluding hydrogens is 446 g/mol. The second-order valence-corrected chi connectivity index (χ2v) is 8.41. The fourth-order valence-electron chi connectivity index (χ4n) is 4.72. The van der Waals surface area contributed by atoms with Crippen LogP contribution in [0.25, 0.3) is 17.0 Å². The van der Waals surface area contributed by atoms with E-state index in [0.717, 1.165) is 5.39 Å². The minimum atomic E-state index is -0.632. The van der Waals surface area contributed by atoms with E-state index >= 15 is 0 Å². The number of Topliss-reactive ketones (excluding diaryl/α,β-unsaturated/α-hetero) is 1. The maximum absolute atomic E-state index is 13.2. The number of rotatable bonds is 3. The molecule has 0 bridgehead atoms.